The Morgan fingerprint density at radius 2 is 2.24 bits per heavy atom. The minimum atomic E-state index is -0.329. The fourth-order valence-corrected chi connectivity index (χ4v) is 2.41. The summed E-state index contributed by atoms with van der Waals surface area (Å²) in [6.45, 7) is 2.57. The molecular weight excluding hydrogens is 218 g/mol. The molecule has 17 heavy (non-hydrogen) atoms. The molecule has 2 rings (SSSR count). The predicted molar refractivity (Wildman–Crippen MR) is 65.0 cm³/mol. The first-order chi connectivity index (χ1) is 8.07. The van der Waals surface area contributed by atoms with E-state index in [0.29, 0.717) is 6.54 Å². The lowest BCUT2D eigenvalue weighted by molar-refractivity contribution is -0.157. The summed E-state index contributed by atoms with van der Waals surface area (Å²) in [5, 5.41) is 0. The molecule has 0 bridgehead atoms. The van der Waals surface area contributed by atoms with Crippen molar-refractivity contribution in [3.8, 4) is 0 Å². The van der Waals surface area contributed by atoms with Gasteiger partial charge in [0.2, 0.25) is 0 Å². The largest absolute Gasteiger partial charge is 0.469 e. The summed E-state index contributed by atoms with van der Waals surface area (Å²) in [6, 6.07) is 3.86. The number of nitrogens with zero attached hydrogens (tertiary/aromatic N) is 1. The molecular formula is C13H19NO3. The number of carbonyl (C=O) groups is 1. The summed E-state index contributed by atoms with van der Waals surface area (Å²) < 4.78 is 10.5. The second kappa shape index (κ2) is 4.43. The van der Waals surface area contributed by atoms with Crippen molar-refractivity contribution in [2.75, 3.05) is 25.6 Å². The number of rotatable bonds is 4. The zero-order valence-electron chi connectivity index (χ0n) is 10.7. The maximum Gasteiger partial charge on any atom is 0.313 e. The van der Waals surface area contributed by atoms with E-state index in [2.05, 4.69) is 0 Å². The molecule has 1 fully saturated rings. The van der Waals surface area contributed by atoms with Crippen LogP contribution in [-0.2, 0) is 9.53 Å². The van der Waals surface area contributed by atoms with Gasteiger partial charge in [0.25, 0.3) is 0 Å². The van der Waals surface area contributed by atoms with Crippen molar-refractivity contribution in [2.45, 2.75) is 26.2 Å². The lowest BCUT2D eigenvalue weighted by atomic mass is 9.68. The molecule has 1 aliphatic rings. The first kappa shape index (κ1) is 12.0. The highest BCUT2D eigenvalue weighted by Crippen LogP contribution is 2.43. The predicted octanol–water partition coefficient (Wildman–Crippen LogP) is 2.37. The molecule has 0 unspecified atom stereocenters. The lowest BCUT2D eigenvalue weighted by Gasteiger charge is -2.41. The number of furan rings is 1. The van der Waals surface area contributed by atoms with Crippen LogP contribution in [0.15, 0.2) is 16.5 Å². The fourth-order valence-electron chi connectivity index (χ4n) is 2.41. The standard InChI is InChI=1S/C13H19NO3/c1-10-5-6-11(17-10)14(2)9-13(7-4-8-13)12(15)16-3/h5-6H,4,7-9H2,1-3H3. The van der Waals surface area contributed by atoms with E-state index in [0.717, 1.165) is 30.9 Å². The molecule has 4 nitrogen and oxygen atoms in total. The molecule has 1 aromatic heterocycles. The Hall–Kier alpha value is -1.45. The normalized spacial score (nSPS) is 17.4. The number of hydrogen-bond acceptors (Lipinski definition) is 4. The molecule has 94 valence electrons. The van der Waals surface area contributed by atoms with Gasteiger partial charge in [0.15, 0.2) is 5.88 Å². The Balaban J connectivity index is 2.06. The molecule has 0 spiro atoms. The van der Waals surface area contributed by atoms with E-state index >= 15 is 0 Å². The second-order valence-electron chi connectivity index (χ2n) is 4.87. The van der Waals surface area contributed by atoms with E-state index in [4.69, 9.17) is 9.15 Å². The van der Waals surface area contributed by atoms with E-state index in [-0.39, 0.29) is 11.4 Å². The molecule has 1 aliphatic carbocycles. The minimum absolute atomic E-state index is 0.0983. The highest BCUT2D eigenvalue weighted by atomic mass is 16.5. The number of esters is 1. The van der Waals surface area contributed by atoms with Crippen molar-refractivity contribution < 1.29 is 13.9 Å². The molecule has 1 saturated carbocycles. The number of anilines is 1. The number of aryl methyl sites for hydroxylation is 1. The van der Waals surface area contributed by atoms with Crippen molar-refractivity contribution in [3.05, 3.63) is 17.9 Å². The van der Waals surface area contributed by atoms with Crippen LogP contribution in [0, 0.1) is 12.3 Å². The summed E-state index contributed by atoms with van der Waals surface area (Å²) in [4.78, 5) is 13.8. The summed E-state index contributed by atoms with van der Waals surface area (Å²) in [5.74, 6) is 1.59. The lowest BCUT2D eigenvalue weighted by Crippen LogP contribution is -2.47. The van der Waals surface area contributed by atoms with Crippen LogP contribution < -0.4 is 4.90 Å². The van der Waals surface area contributed by atoms with Gasteiger partial charge in [0, 0.05) is 19.7 Å². The Labute approximate surface area is 102 Å². The molecule has 0 saturated heterocycles. The second-order valence-corrected chi connectivity index (χ2v) is 4.87. The number of ether oxygens (including phenoxy) is 1. The average Bonchev–Trinajstić information content (AvgIpc) is 2.69. The van der Waals surface area contributed by atoms with Gasteiger partial charge in [-0.15, -0.1) is 0 Å². The molecule has 0 aromatic carbocycles. The first-order valence-electron chi connectivity index (χ1n) is 5.93. The van der Waals surface area contributed by atoms with Gasteiger partial charge >= 0.3 is 5.97 Å². The van der Waals surface area contributed by atoms with Crippen LogP contribution in [0.2, 0.25) is 0 Å². The van der Waals surface area contributed by atoms with Gasteiger partial charge in [0.1, 0.15) is 5.76 Å². The van der Waals surface area contributed by atoms with Gasteiger partial charge in [-0.05, 0) is 25.8 Å². The van der Waals surface area contributed by atoms with Crippen LogP contribution in [0.5, 0.6) is 0 Å². The van der Waals surface area contributed by atoms with Crippen molar-refractivity contribution in [1.82, 2.24) is 0 Å². The average molecular weight is 237 g/mol. The number of hydrogen-bond donors (Lipinski definition) is 0. The van der Waals surface area contributed by atoms with Crippen molar-refractivity contribution in [3.63, 3.8) is 0 Å². The van der Waals surface area contributed by atoms with Crippen molar-refractivity contribution in [1.29, 1.82) is 0 Å². The van der Waals surface area contributed by atoms with Gasteiger partial charge in [-0.25, -0.2) is 0 Å². The quantitative estimate of drug-likeness (QED) is 0.754. The smallest absolute Gasteiger partial charge is 0.313 e. The summed E-state index contributed by atoms with van der Waals surface area (Å²) >= 11 is 0. The topological polar surface area (TPSA) is 42.7 Å². The molecule has 0 atom stereocenters. The maximum absolute atomic E-state index is 11.8. The SMILES string of the molecule is COC(=O)C1(CN(C)c2ccc(C)o2)CCC1. The Kier molecular flexibility index (Phi) is 3.13. The third-order valence-electron chi connectivity index (χ3n) is 3.57. The minimum Gasteiger partial charge on any atom is -0.469 e. The fraction of sp³-hybridized carbons (Fsp3) is 0.615. The Bertz CT molecular complexity index is 407. The molecule has 4 heteroatoms. The van der Waals surface area contributed by atoms with Gasteiger partial charge in [-0.1, -0.05) is 6.42 Å². The van der Waals surface area contributed by atoms with E-state index in [1.165, 1.54) is 7.11 Å². The third-order valence-corrected chi connectivity index (χ3v) is 3.57. The molecule has 0 amide bonds. The van der Waals surface area contributed by atoms with Crippen LogP contribution >= 0.6 is 0 Å². The van der Waals surface area contributed by atoms with Crippen LogP contribution in [0.25, 0.3) is 0 Å². The molecule has 1 heterocycles. The molecule has 0 radical (unpaired) electrons. The summed E-state index contributed by atoms with van der Waals surface area (Å²) in [7, 11) is 3.40. The number of methoxy groups -OCH3 is 1. The van der Waals surface area contributed by atoms with Crippen molar-refractivity contribution >= 4 is 11.9 Å². The van der Waals surface area contributed by atoms with Crippen molar-refractivity contribution in [2.24, 2.45) is 5.41 Å². The van der Waals surface area contributed by atoms with Gasteiger partial charge in [-0.3, -0.25) is 4.79 Å². The number of carbonyl (C=O) groups excluding carboxylic acids is 1. The summed E-state index contributed by atoms with van der Waals surface area (Å²) in [5.41, 5.74) is -0.329. The van der Waals surface area contributed by atoms with E-state index in [9.17, 15) is 4.79 Å². The molecule has 1 aromatic rings. The highest BCUT2D eigenvalue weighted by Gasteiger charge is 2.46. The van der Waals surface area contributed by atoms with Gasteiger partial charge in [-0.2, -0.15) is 0 Å². The van der Waals surface area contributed by atoms with E-state index in [1.54, 1.807) is 0 Å². The third kappa shape index (κ3) is 2.16. The molecule has 0 N–H and O–H groups in total. The zero-order valence-corrected chi connectivity index (χ0v) is 10.7. The van der Waals surface area contributed by atoms with Gasteiger partial charge in [0.05, 0.1) is 12.5 Å². The highest BCUT2D eigenvalue weighted by molar-refractivity contribution is 5.78. The van der Waals surface area contributed by atoms with E-state index in [1.807, 2.05) is 31.0 Å². The van der Waals surface area contributed by atoms with Crippen LogP contribution in [-0.4, -0.2) is 26.7 Å². The maximum atomic E-state index is 11.8. The van der Waals surface area contributed by atoms with Crippen LogP contribution in [0.1, 0.15) is 25.0 Å². The van der Waals surface area contributed by atoms with Crippen LogP contribution in [0.4, 0.5) is 5.88 Å². The zero-order chi connectivity index (χ0) is 12.5. The van der Waals surface area contributed by atoms with E-state index < -0.39 is 0 Å². The monoisotopic (exact) mass is 237 g/mol. The van der Waals surface area contributed by atoms with Crippen LogP contribution in [0.3, 0.4) is 0 Å². The molecule has 0 aliphatic heterocycles. The summed E-state index contributed by atoms with van der Waals surface area (Å²) in [6.07, 6.45) is 2.91. The van der Waals surface area contributed by atoms with Gasteiger partial charge < -0.3 is 14.1 Å². The first-order valence-corrected chi connectivity index (χ1v) is 5.93. The Morgan fingerprint density at radius 3 is 2.65 bits per heavy atom. The Morgan fingerprint density at radius 1 is 1.53 bits per heavy atom.